The molecule has 0 spiro atoms. The number of aromatic nitrogens is 1. The van der Waals surface area contributed by atoms with Crippen LogP contribution >= 0.6 is 27.3 Å². The number of aliphatic hydroxyl groups excluding tert-OH is 1. The molecule has 0 radical (unpaired) electrons. The second-order valence-electron chi connectivity index (χ2n) is 3.71. The molecule has 1 aromatic heterocycles. The van der Waals surface area contributed by atoms with E-state index >= 15 is 0 Å². The summed E-state index contributed by atoms with van der Waals surface area (Å²) in [7, 11) is 1.63. The van der Waals surface area contributed by atoms with E-state index in [2.05, 4.69) is 20.9 Å². The summed E-state index contributed by atoms with van der Waals surface area (Å²) in [6, 6.07) is 5.31. The van der Waals surface area contributed by atoms with Crippen molar-refractivity contribution in [3.8, 4) is 16.3 Å². The number of halogens is 1. The van der Waals surface area contributed by atoms with Gasteiger partial charge in [0, 0.05) is 9.85 Å². The quantitative estimate of drug-likeness (QED) is 0.905. The molecule has 2 rings (SSSR count). The number of ether oxygens (including phenoxy) is 1. The van der Waals surface area contributed by atoms with Crippen molar-refractivity contribution < 1.29 is 9.84 Å². The van der Waals surface area contributed by atoms with E-state index in [0.29, 0.717) is 5.69 Å². The highest BCUT2D eigenvalue weighted by Gasteiger charge is 2.14. The fourth-order valence-corrected chi connectivity index (χ4v) is 2.79. The number of nitrogens with two attached hydrogens (primary N) is 1. The van der Waals surface area contributed by atoms with Crippen LogP contribution < -0.4 is 10.5 Å². The van der Waals surface area contributed by atoms with Gasteiger partial charge < -0.3 is 15.6 Å². The third-order valence-electron chi connectivity index (χ3n) is 2.49. The minimum absolute atomic E-state index is 0.112. The Hall–Kier alpha value is -0.950. The molecule has 1 unspecified atom stereocenters. The first kappa shape index (κ1) is 13.5. The first-order valence-electron chi connectivity index (χ1n) is 5.31. The van der Waals surface area contributed by atoms with E-state index in [4.69, 9.17) is 15.6 Å². The number of methoxy groups -OCH3 is 1. The zero-order valence-corrected chi connectivity index (χ0v) is 12.2. The Morgan fingerprint density at radius 1 is 1.56 bits per heavy atom. The molecule has 96 valence electrons. The van der Waals surface area contributed by atoms with Crippen molar-refractivity contribution >= 4 is 27.3 Å². The van der Waals surface area contributed by atoms with Gasteiger partial charge >= 0.3 is 0 Å². The average molecular weight is 329 g/mol. The minimum atomic E-state index is -0.437. The van der Waals surface area contributed by atoms with E-state index in [1.807, 2.05) is 23.6 Å². The number of benzene rings is 1. The van der Waals surface area contributed by atoms with Crippen LogP contribution in [0.2, 0.25) is 0 Å². The van der Waals surface area contributed by atoms with E-state index in [1.165, 1.54) is 11.3 Å². The monoisotopic (exact) mass is 328 g/mol. The first-order valence-corrected chi connectivity index (χ1v) is 6.98. The summed E-state index contributed by atoms with van der Waals surface area (Å²) in [5.41, 5.74) is 7.34. The van der Waals surface area contributed by atoms with E-state index in [-0.39, 0.29) is 6.61 Å². The van der Waals surface area contributed by atoms with Crippen molar-refractivity contribution in [2.75, 3.05) is 13.7 Å². The lowest BCUT2D eigenvalue weighted by molar-refractivity contribution is 0.266. The van der Waals surface area contributed by atoms with Crippen molar-refractivity contribution in [2.45, 2.75) is 6.04 Å². The summed E-state index contributed by atoms with van der Waals surface area (Å²) in [5.74, 6) is 0.761. The van der Waals surface area contributed by atoms with Gasteiger partial charge in [-0.25, -0.2) is 4.98 Å². The fourth-order valence-electron chi connectivity index (χ4n) is 1.52. The summed E-state index contributed by atoms with van der Waals surface area (Å²) in [5, 5.41) is 11.7. The molecule has 6 heteroatoms. The van der Waals surface area contributed by atoms with Gasteiger partial charge in [0.2, 0.25) is 0 Å². The van der Waals surface area contributed by atoms with Gasteiger partial charge in [-0.15, -0.1) is 11.3 Å². The summed E-state index contributed by atoms with van der Waals surface area (Å²) in [6.07, 6.45) is 0. The predicted octanol–water partition coefficient (Wildman–Crippen LogP) is 2.57. The molecular weight excluding hydrogens is 316 g/mol. The highest BCUT2D eigenvalue weighted by Crippen LogP contribution is 2.35. The predicted molar refractivity (Wildman–Crippen MR) is 75.8 cm³/mol. The zero-order chi connectivity index (χ0) is 13.1. The summed E-state index contributed by atoms with van der Waals surface area (Å²) >= 11 is 4.91. The molecular formula is C12H13BrN2O2S. The molecule has 18 heavy (non-hydrogen) atoms. The maximum absolute atomic E-state index is 9.02. The van der Waals surface area contributed by atoms with Gasteiger partial charge in [-0.2, -0.15) is 0 Å². The van der Waals surface area contributed by atoms with Gasteiger partial charge in [-0.3, -0.25) is 0 Å². The lowest BCUT2D eigenvalue weighted by Gasteiger charge is -2.06. The van der Waals surface area contributed by atoms with E-state index in [0.717, 1.165) is 20.8 Å². The molecule has 0 saturated heterocycles. The number of hydrogen-bond donors (Lipinski definition) is 2. The van der Waals surface area contributed by atoms with Crippen molar-refractivity contribution in [2.24, 2.45) is 5.73 Å². The highest BCUT2D eigenvalue weighted by molar-refractivity contribution is 9.10. The van der Waals surface area contributed by atoms with E-state index in [9.17, 15) is 0 Å². The van der Waals surface area contributed by atoms with E-state index in [1.54, 1.807) is 7.11 Å². The standard InChI is InChI=1S/C12H13BrN2O2S/c1-17-11-3-2-7(13)4-8(11)12-15-10(6-18-12)9(14)5-16/h2-4,6,9,16H,5,14H2,1H3. The Balaban J connectivity index is 2.42. The Morgan fingerprint density at radius 2 is 2.33 bits per heavy atom. The van der Waals surface area contributed by atoms with Gasteiger partial charge in [0.25, 0.3) is 0 Å². The number of rotatable bonds is 4. The molecule has 1 aromatic carbocycles. The maximum Gasteiger partial charge on any atom is 0.129 e. The van der Waals surface area contributed by atoms with Crippen LogP contribution in [0, 0.1) is 0 Å². The smallest absolute Gasteiger partial charge is 0.129 e. The lowest BCUT2D eigenvalue weighted by Crippen LogP contribution is -2.14. The van der Waals surface area contributed by atoms with Crippen LogP contribution in [0.4, 0.5) is 0 Å². The molecule has 0 saturated carbocycles. The molecule has 3 N–H and O–H groups in total. The first-order chi connectivity index (χ1) is 8.65. The van der Waals surface area contributed by atoms with Crippen molar-refractivity contribution in [3.05, 3.63) is 33.7 Å². The molecule has 1 heterocycles. The second-order valence-corrected chi connectivity index (χ2v) is 5.48. The van der Waals surface area contributed by atoms with Gasteiger partial charge in [0.15, 0.2) is 0 Å². The molecule has 0 aliphatic rings. The third kappa shape index (κ3) is 2.72. The Labute approximate surface area is 118 Å². The van der Waals surface area contributed by atoms with Crippen LogP contribution in [0.15, 0.2) is 28.1 Å². The summed E-state index contributed by atoms with van der Waals surface area (Å²) < 4.78 is 6.28. The van der Waals surface area contributed by atoms with Crippen LogP contribution in [0.3, 0.4) is 0 Å². The average Bonchev–Trinajstić information content (AvgIpc) is 2.87. The number of nitrogens with zero attached hydrogens (tertiary/aromatic N) is 1. The van der Waals surface area contributed by atoms with Crippen molar-refractivity contribution in [3.63, 3.8) is 0 Å². The normalized spacial score (nSPS) is 12.4. The van der Waals surface area contributed by atoms with Crippen LogP contribution in [-0.4, -0.2) is 23.8 Å². The minimum Gasteiger partial charge on any atom is -0.496 e. The summed E-state index contributed by atoms with van der Waals surface area (Å²) in [4.78, 5) is 4.43. The molecule has 0 amide bonds. The highest BCUT2D eigenvalue weighted by atomic mass is 79.9. The molecule has 0 aliphatic heterocycles. The Bertz CT molecular complexity index is 545. The molecule has 2 aromatic rings. The van der Waals surface area contributed by atoms with Crippen LogP contribution in [0.25, 0.3) is 10.6 Å². The SMILES string of the molecule is COc1ccc(Br)cc1-c1nc(C(N)CO)cs1. The van der Waals surface area contributed by atoms with Crippen LogP contribution in [-0.2, 0) is 0 Å². The molecule has 0 fully saturated rings. The molecule has 4 nitrogen and oxygen atoms in total. The van der Waals surface area contributed by atoms with Gasteiger partial charge in [0.05, 0.1) is 31.0 Å². The molecule has 0 aliphatic carbocycles. The zero-order valence-electron chi connectivity index (χ0n) is 9.76. The fraction of sp³-hybridized carbons (Fsp3) is 0.250. The van der Waals surface area contributed by atoms with Crippen molar-refractivity contribution in [1.29, 1.82) is 0 Å². The van der Waals surface area contributed by atoms with Gasteiger partial charge in [0.1, 0.15) is 10.8 Å². The number of thiazole rings is 1. The largest absolute Gasteiger partial charge is 0.496 e. The Kier molecular flexibility index (Phi) is 4.34. The number of hydrogen-bond acceptors (Lipinski definition) is 5. The maximum atomic E-state index is 9.02. The topological polar surface area (TPSA) is 68.4 Å². The van der Waals surface area contributed by atoms with Gasteiger partial charge in [-0.1, -0.05) is 15.9 Å². The molecule has 1 atom stereocenters. The second kappa shape index (κ2) is 5.79. The van der Waals surface area contributed by atoms with Gasteiger partial charge in [-0.05, 0) is 18.2 Å². The third-order valence-corrected chi connectivity index (χ3v) is 3.88. The van der Waals surface area contributed by atoms with Crippen LogP contribution in [0.5, 0.6) is 5.75 Å². The van der Waals surface area contributed by atoms with E-state index < -0.39 is 6.04 Å². The molecule has 0 bridgehead atoms. The van der Waals surface area contributed by atoms with Crippen LogP contribution in [0.1, 0.15) is 11.7 Å². The number of aliphatic hydroxyl groups is 1. The van der Waals surface area contributed by atoms with Crippen molar-refractivity contribution in [1.82, 2.24) is 4.98 Å². The lowest BCUT2D eigenvalue weighted by atomic mass is 10.2. The Morgan fingerprint density at radius 3 is 3.00 bits per heavy atom. The summed E-state index contributed by atoms with van der Waals surface area (Å²) in [6.45, 7) is -0.112.